The first-order chi connectivity index (χ1) is 4.83. The van der Waals surface area contributed by atoms with Gasteiger partial charge in [0.25, 0.3) is 0 Å². The summed E-state index contributed by atoms with van der Waals surface area (Å²) < 4.78 is 5.95. The fourth-order valence-electron chi connectivity index (χ4n) is 0.852. The van der Waals surface area contributed by atoms with Crippen molar-refractivity contribution < 1.29 is 9.22 Å². The molecular formula is C7H20O2Si2. The van der Waals surface area contributed by atoms with Gasteiger partial charge in [-0.05, 0) is 32.2 Å². The largest absolute Gasteiger partial charge is 0.454 e. The number of aliphatic hydroxyl groups is 1. The molecule has 0 atom stereocenters. The minimum atomic E-state index is -1.72. The molecule has 0 rings (SSSR count). The van der Waals surface area contributed by atoms with E-state index in [1.165, 1.54) is 0 Å². The molecule has 0 unspecified atom stereocenters. The third-order valence-electron chi connectivity index (χ3n) is 1.78. The van der Waals surface area contributed by atoms with Crippen molar-refractivity contribution in [2.75, 3.05) is 6.23 Å². The first kappa shape index (κ1) is 11.4. The molecule has 4 heteroatoms. The van der Waals surface area contributed by atoms with Gasteiger partial charge in [-0.15, -0.1) is 0 Å². The van der Waals surface area contributed by atoms with E-state index in [4.69, 9.17) is 9.22 Å². The van der Waals surface area contributed by atoms with Crippen LogP contribution >= 0.6 is 0 Å². The van der Waals surface area contributed by atoms with Gasteiger partial charge in [-0.1, -0.05) is 6.92 Å². The molecule has 0 radical (unpaired) electrons. The van der Waals surface area contributed by atoms with Crippen LogP contribution in [0, 0.1) is 0 Å². The van der Waals surface area contributed by atoms with E-state index >= 15 is 0 Å². The number of aliphatic hydroxyl groups excluding tert-OH is 1. The normalized spacial score (nSPS) is 13.6. The van der Waals surface area contributed by atoms with E-state index in [1.807, 2.05) is 0 Å². The standard InChI is InChI=1S/C7H20O2Si2/c1-6-10(2,3)9-11(4,5)7-8/h8H,6-7H2,1-5H3. The van der Waals surface area contributed by atoms with Crippen LogP contribution < -0.4 is 0 Å². The summed E-state index contributed by atoms with van der Waals surface area (Å²) in [7, 11) is -3.15. The van der Waals surface area contributed by atoms with Gasteiger partial charge in [0.2, 0.25) is 0 Å². The maximum Gasteiger partial charge on any atom is 0.199 e. The maximum absolute atomic E-state index is 9.01. The zero-order valence-electron chi connectivity index (χ0n) is 8.27. The summed E-state index contributed by atoms with van der Waals surface area (Å²) >= 11 is 0. The first-order valence-electron chi connectivity index (χ1n) is 4.14. The topological polar surface area (TPSA) is 29.5 Å². The molecule has 0 aromatic rings. The molecule has 11 heavy (non-hydrogen) atoms. The molecule has 0 aromatic carbocycles. The third-order valence-corrected chi connectivity index (χ3v) is 8.67. The molecule has 0 saturated heterocycles. The first-order valence-corrected chi connectivity index (χ1v) is 10.4. The highest BCUT2D eigenvalue weighted by Gasteiger charge is 2.30. The minimum absolute atomic E-state index is 0.240. The second kappa shape index (κ2) is 3.84. The van der Waals surface area contributed by atoms with Crippen LogP contribution in [0.3, 0.4) is 0 Å². The molecule has 0 heterocycles. The molecule has 0 spiro atoms. The van der Waals surface area contributed by atoms with Crippen LogP contribution in [-0.4, -0.2) is 28.0 Å². The van der Waals surface area contributed by atoms with Crippen LogP contribution in [0.5, 0.6) is 0 Å². The summed E-state index contributed by atoms with van der Waals surface area (Å²) in [6, 6.07) is 1.13. The van der Waals surface area contributed by atoms with Gasteiger partial charge in [0, 0.05) is 0 Å². The van der Waals surface area contributed by atoms with Crippen molar-refractivity contribution in [1.82, 2.24) is 0 Å². The molecular weight excluding hydrogens is 172 g/mol. The van der Waals surface area contributed by atoms with Crippen molar-refractivity contribution in [2.45, 2.75) is 39.2 Å². The van der Waals surface area contributed by atoms with Crippen LogP contribution in [0.15, 0.2) is 0 Å². The fraction of sp³-hybridized carbons (Fsp3) is 1.00. The van der Waals surface area contributed by atoms with Crippen LogP contribution in [0.1, 0.15) is 6.92 Å². The highest BCUT2D eigenvalue weighted by molar-refractivity contribution is 6.84. The lowest BCUT2D eigenvalue weighted by Crippen LogP contribution is -2.46. The van der Waals surface area contributed by atoms with Crippen LogP contribution in [0.2, 0.25) is 32.2 Å². The van der Waals surface area contributed by atoms with E-state index in [-0.39, 0.29) is 6.23 Å². The zero-order valence-corrected chi connectivity index (χ0v) is 10.3. The molecule has 0 saturated carbocycles. The fourth-order valence-corrected chi connectivity index (χ4v) is 7.67. The Morgan fingerprint density at radius 1 is 1.09 bits per heavy atom. The van der Waals surface area contributed by atoms with Crippen molar-refractivity contribution in [3.05, 3.63) is 0 Å². The van der Waals surface area contributed by atoms with Crippen LogP contribution in [-0.2, 0) is 4.12 Å². The Morgan fingerprint density at radius 2 is 1.55 bits per heavy atom. The van der Waals surface area contributed by atoms with Gasteiger partial charge in [-0.25, -0.2) is 0 Å². The van der Waals surface area contributed by atoms with Crippen molar-refractivity contribution in [3.63, 3.8) is 0 Å². The SMILES string of the molecule is CC[Si](C)(C)O[Si](C)(C)CO. The highest BCUT2D eigenvalue weighted by atomic mass is 28.4. The summed E-state index contributed by atoms with van der Waals surface area (Å²) in [5, 5.41) is 9.01. The van der Waals surface area contributed by atoms with Crippen molar-refractivity contribution in [2.24, 2.45) is 0 Å². The molecule has 0 aliphatic rings. The Kier molecular flexibility index (Phi) is 3.97. The number of hydrogen-bond donors (Lipinski definition) is 1. The van der Waals surface area contributed by atoms with Gasteiger partial charge in [0.15, 0.2) is 16.6 Å². The molecule has 68 valence electrons. The molecule has 0 aliphatic heterocycles. The van der Waals surface area contributed by atoms with Gasteiger partial charge in [0.1, 0.15) is 0 Å². The Hall–Kier alpha value is 0.354. The van der Waals surface area contributed by atoms with Crippen molar-refractivity contribution >= 4 is 16.6 Å². The average molecular weight is 192 g/mol. The molecule has 0 fully saturated rings. The summed E-state index contributed by atoms with van der Waals surface area (Å²) in [5.74, 6) is 0. The van der Waals surface area contributed by atoms with Gasteiger partial charge < -0.3 is 9.22 Å². The zero-order chi connectivity index (χ0) is 9.12. The lowest BCUT2D eigenvalue weighted by Gasteiger charge is -2.31. The number of rotatable bonds is 4. The number of hydrogen-bond acceptors (Lipinski definition) is 2. The van der Waals surface area contributed by atoms with Crippen molar-refractivity contribution in [3.8, 4) is 0 Å². The quantitative estimate of drug-likeness (QED) is 0.690. The van der Waals surface area contributed by atoms with Crippen molar-refractivity contribution in [1.29, 1.82) is 0 Å². The van der Waals surface area contributed by atoms with Crippen LogP contribution in [0.25, 0.3) is 0 Å². The Bertz CT molecular complexity index is 110. The summed E-state index contributed by atoms with van der Waals surface area (Å²) in [6.07, 6.45) is 0.240. The molecule has 0 amide bonds. The maximum atomic E-state index is 9.01. The lowest BCUT2D eigenvalue weighted by atomic mass is 11.0. The highest BCUT2D eigenvalue weighted by Crippen LogP contribution is 2.16. The summed E-state index contributed by atoms with van der Waals surface area (Å²) in [4.78, 5) is 0. The van der Waals surface area contributed by atoms with E-state index in [0.717, 1.165) is 6.04 Å². The lowest BCUT2D eigenvalue weighted by molar-refractivity contribution is 0.333. The predicted octanol–water partition coefficient (Wildman–Crippen LogP) is 1.96. The van der Waals surface area contributed by atoms with Gasteiger partial charge in [0.05, 0.1) is 6.23 Å². The van der Waals surface area contributed by atoms with E-state index < -0.39 is 16.6 Å². The monoisotopic (exact) mass is 192 g/mol. The predicted molar refractivity (Wildman–Crippen MR) is 53.6 cm³/mol. The Labute approximate surface area is 71.8 Å². The smallest absolute Gasteiger partial charge is 0.199 e. The minimum Gasteiger partial charge on any atom is -0.454 e. The Balaban J connectivity index is 4.02. The molecule has 2 nitrogen and oxygen atoms in total. The summed E-state index contributed by atoms with van der Waals surface area (Å²) in [6.45, 7) is 10.7. The van der Waals surface area contributed by atoms with Gasteiger partial charge in [-0.3, -0.25) is 0 Å². The van der Waals surface area contributed by atoms with Gasteiger partial charge >= 0.3 is 0 Å². The molecule has 1 N–H and O–H groups in total. The third kappa shape index (κ3) is 4.73. The average Bonchev–Trinajstić information content (AvgIpc) is 1.86. The van der Waals surface area contributed by atoms with E-state index in [1.54, 1.807) is 0 Å². The van der Waals surface area contributed by atoms with E-state index in [0.29, 0.717) is 0 Å². The molecule has 0 aromatic heterocycles. The van der Waals surface area contributed by atoms with E-state index in [9.17, 15) is 0 Å². The molecule has 0 bridgehead atoms. The van der Waals surface area contributed by atoms with Crippen LogP contribution in [0.4, 0.5) is 0 Å². The summed E-state index contributed by atoms with van der Waals surface area (Å²) in [5.41, 5.74) is 0. The second-order valence-electron chi connectivity index (χ2n) is 4.13. The second-order valence-corrected chi connectivity index (χ2v) is 13.0. The van der Waals surface area contributed by atoms with E-state index in [2.05, 4.69) is 33.1 Å². The Morgan fingerprint density at radius 3 is 1.82 bits per heavy atom. The van der Waals surface area contributed by atoms with Gasteiger partial charge in [-0.2, -0.15) is 0 Å². The molecule has 0 aliphatic carbocycles.